The van der Waals surface area contributed by atoms with Crippen molar-refractivity contribution < 1.29 is 18.8 Å². The fourth-order valence-electron chi connectivity index (χ4n) is 2.05. The fourth-order valence-corrected chi connectivity index (χ4v) is 2.05. The summed E-state index contributed by atoms with van der Waals surface area (Å²) >= 11 is 0. The van der Waals surface area contributed by atoms with Crippen molar-refractivity contribution in [2.24, 2.45) is 0 Å². The Bertz CT molecular complexity index is 695. The quantitative estimate of drug-likeness (QED) is 0.935. The second-order valence-electron chi connectivity index (χ2n) is 4.59. The Labute approximate surface area is 120 Å². The van der Waals surface area contributed by atoms with Gasteiger partial charge in [0.05, 0.1) is 6.54 Å². The highest BCUT2D eigenvalue weighted by Crippen LogP contribution is 2.22. The predicted molar refractivity (Wildman–Crippen MR) is 74.3 cm³/mol. The number of nitrogens with one attached hydrogen (secondary N) is 1. The van der Waals surface area contributed by atoms with Gasteiger partial charge in [0, 0.05) is 17.4 Å². The van der Waals surface area contributed by atoms with Gasteiger partial charge in [0.25, 0.3) is 5.91 Å². The van der Waals surface area contributed by atoms with Crippen LogP contribution in [0.1, 0.15) is 16.2 Å². The summed E-state index contributed by atoms with van der Waals surface area (Å²) in [4.78, 5) is 25.0. The number of ether oxygens (including phenoxy) is 1. The van der Waals surface area contributed by atoms with Crippen LogP contribution in [0.5, 0.6) is 0 Å². The summed E-state index contributed by atoms with van der Waals surface area (Å²) in [6.45, 7) is 2.58. The van der Waals surface area contributed by atoms with E-state index in [-0.39, 0.29) is 17.7 Å². The molecule has 108 valence electrons. The molecule has 7 nitrogen and oxygen atoms in total. The second-order valence-corrected chi connectivity index (χ2v) is 4.59. The van der Waals surface area contributed by atoms with Crippen molar-refractivity contribution in [3.05, 3.63) is 41.8 Å². The van der Waals surface area contributed by atoms with Crippen LogP contribution in [-0.2, 0) is 4.74 Å². The van der Waals surface area contributed by atoms with Gasteiger partial charge < -0.3 is 14.6 Å². The zero-order chi connectivity index (χ0) is 14.8. The molecule has 21 heavy (non-hydrogen) atoms. The van der Waals surface area contributed by atoms with E-state index in [1.165, 1.54) is 4.90 Å². The standard InChI is InChI=1S/C14H13N3O4/c1-9-7-12(16-21-9)13(18)15-10-3-2-4-11(8-10)17-5-6-20-14(17)19/h2-4,7-8H,5-6H2,1H3,(H,15,18). The summed E-state index contributed by atoms with van der Waals surface area (Å²) < 4.78 is 9.75. The number of hydrogen-bond acceptors (Lipinski definition) is 5. The highest BCUT2D eigenvalue weighted by Gasteiger charge is 2.23. The first-order chi connectivity index (χ1) is 10.1. The average Bonchev–Trinajstić information content (AvgIpc) is 3.08. The lowest BCUT2D eigenvalue weighted by Crippen LogP contribution is -2.23. The summed E-state index contributed by atoms with van der Waals surface area (Å²) in [5.41, 5.74) is 1.45. The van der Waals surface area contributed by atoms with Crippen LogP contribution in [0.25, 0.3) is 0 Å². The van der Waals surface area contributed by atoms with Crippen molar-refractivity contribution in [1.29, 1.82) is 0 Å². The minimum Gasteiger partial charge on any atom is -0.447 e. The molecule has 1 aliphatic heterocycles. The van der Waals surface area contributed by atoms with Gasteiger partial charge in [-0.1, -0.05) is 11.2 Å². The van der Waals surface area contributed by atoms with Crippen LogP contribution in [0.4, 0.5) is 16.2 Å². The fraction of sp³-hybridized carbons (Fsp3) is 0.214. The summed E-state index contributed by atoms with van der Waals surface area (Å²) in [6, 6.07) is 8.53. The highest BCUT2D eigenvalue weighted by molar-refractivity contribution is 6.03. The van der Waals surface area contributed by atoms with Gasteiger partial charge in [-0.2, -0.15) is 0 Å². The number of rotatable bonds is 3. The van der Waals surface area contributed by atoms with Crippen LogP contribution in [0.3, 0.4) is 0 Å². The zero-order valence-electron chi connectivity index (χ0n) is 11.3. The number of benzene rings is 1. The molecular weight excluding hydrogens is 274 g/mol. The molecule has 1 N–H and O–H groups in total. The molecule has 0 atom stereocenters. The molecule has 0 aliphatic carbocycles. The molecule has 0 bridgehead atoms. The molecule has 3 rings (SSSR count). The second kappa shape index (κ2) is 5.28. The highest BCUT2D eigenvalue weighted by atomic mass is 16.6. The molecule has 1 aromatic heterocycles. The van der Waals surface area contributed by atoms with Crippen molar-refractivity contribution in [3.8, 4) is 0 Å². The first-order valence-corrected chi connectivity index (χ1v) is 6.42. The molecule has 1 aromatic carbocycles. The number of anilines is 2. The number of aromatic nitrogens is 1. The number of carbonyl (C=O) groups excluding carboxylic acids is 2. The van der Waals surface area contributed by atoms with Gasteiger partial charge in [-0.15, -0.1) is 0 Å². The van der Waals surface area contributed by atoms with E-state index in [0.717, 1.165) is 0 Å². The number of nitrogens with zero attached hydrogens (tertiary/aromatic N) is 2. The van der Waals surface area contributed by atoms with E-state index >= 15 is 0 Å². The van der Waals surface area contributed by atoms with Gasteiger partial charge in [0.1, 0.15) is 12.4 Å². The van der Waals surface area contributed by atoms with Crippen LogP contribution < -0.4 is 10.2 Å². The van der Waals surface area contributed by atoms with Crippen LogP contribution in [0.15, 0.2) is 34.9 Å². The maximum Gasteiger partial charge on any atom is 0.414 e. The predicted octanol–water partition coefficient (Wildman–Crippen LogP) is 2.19. The molecular formula is C14H13N3O4. The Kier molecular flexibility index (Phi) is 3.31. The average molecular weight is 287 g/mol. The van der Waals surface area contributed by atoms with Gasteiger partial charge in [0.2, 0.25) is 0 Å². The van der Waals surface area contributed by atoms with Crippen molar-refractivity contribution in [1.82, 2.24) is 5.16 Å². The molecule has 0 saturated carbocycles. The van der Waals surface area contributed by atoms with Crippen molar-refractivity contribution in [2.45, 2.75) is 6.92 Å². The van der Waals surface area contributed by atoms with Crippen LogP contribution in [0.2, 0.25) is 0 Å². The van der Waals surface area contributed by atoms with Crippen LogP contribution in [-0.4, -0.2) is 30.3 Å². The Morgan fingerprint density at radius 1 is 1.38 bits per heavy atom. The summed E-state index contributed by atoms with van der Waals surface area (Å²) in [7, 11) is 0. The van der Waals surface area contributed by atoms with E-state index in [1.807, 2.05) is 0 Å². The Hall–Kier alpha value is -2.83. The third-order valence-electron chi connectivity index (χ3n) is 3.04. The lowest BCUT2D eigenvalue weighted by Gasteiger charge is -2.13. The normalized spacial score (nSPS) is 14.1. The zero-order valence-corrected chi connectivity index (χ0v) is 11.3. The van der Waals surface area contributed by atoms with E-state index < -0.39 is 0 Å². The van der Waals surface area contributed by atoms with E-state index in [1.54, 1.807) is 37.3 Å². The Morgan fingerprint density at radius 2 is 2.24 bits per heavy atom. The SMILES string of the molecule is Cc1cc(C(=O)Nc2cccc(N3CCOC3=O)c2)no1. The van der Waals surface area contributed by atoms with E-state index in [4.69, 9.17) is 9.26 Å². The molecule has 1 fully saturated rings. The molecule has 0 unspecified atom stereocenters. The smallest absolute Gasteiger partial charge is 0.414 e. The molecule has 2 heterocycles. The Morgan fingerprint density at radius 3 is 2.90 bits per heavy atom. The van der Waals surface area contributed by atoms with Crippen molar-refractivity contribution in [3.63, 3.8) is 0 Å². The summed E-state index contributed by atoms with van der Waals surface area (Å²) in [5, 5.41) is 6.36. The number of amides is 2. The van der Waals surface area contributed by atoms with Crippen molar-refractivity contribution >= 4 is 23.4 Å². The van der Waals surface area contributed by atoms with Gasteiger partial charge >= 0.3 is 6.09 Å². The van der Waals surface area contributed by atoms with Gasteiger partial charge in [0.15, 0.2) is 5.69 Å². The minimum absolute atomic E-state index is 0.207. The molecule has 0 radical (unpaired) electrons. The summed E-state index contributed by atoms with van der Waals surface area (Å²) in [5.74, 6) is 0.196. The van der Waals surface area contributed by atoms with Crippen LogP contribution >= 0.6 is 0 Å². The molecule has 2 aromatic rings. The lowest BCUT2D eigenvalue weighted by molar-refractivity contribution is 0.101. The van der Waals surface area contributed by atoms with Gasteiger partial charge in [-0.3, -0.25) is 9.69 Å². The maximum atomic E-state index is 12.0. The first kappa shape index (κ1) is 13.2. The molecule has 2 amide bonds. The molecule has 0 spiro atoms. The lowest BCUT2D eigenvalue weighted by atomic mass is 10.2. The third-order valence-corrected chi connectivity index (χ3v) is 3.04. The van der Waals surface area contributed by atoms with Gasteiger partial charge in [-0.05, 0) is 25.1 Å². The van der Waals surface area contributed by atoms with E-state index in [9.17, 15) is 9.59 Å². The van der Waals surface area contributed by atoms with E-state index in [2.05, 4.69) is 10.5 Å². The number of carbonyl (C=O) groups is 2. The molecule has 7 heteroatoms. The first-order valence-electron chi connectivity index (χ1n) is 6.42. The third kappa shape index (κ3) is 2.71. The maximum absolute atomic E-state index is 12.0. The van der Waals surface area contributed by atoms with Crippen molar-refractivity contribution in [2.75, 3.05) is 23.4 Å². The minimum atomic E-state index is -0.384. The molecule has 1 aliphatic rings. The Balaban J connectivity index is 1.77. The summed E-state index contributed by atoms with van der Waals surface area (Å²) in [6.07, 6.45) is -0.384. The largest absolute Gasteiger partial charge is 0.447 e. The van der Waals surface area contributed by atoms with E-state index in [0.29, 0.717) is 30.3 Å². The number of cyclic esters (lactones) is 1. The number of hydrogen-bond donors (Lipinski definition) is 1. The monoisotopic (exact) mass is 287 g/mol. The van der Waals surface area contributed by atoms with Gasteiger partial charge in [-0.25, -0.2) is 4.79 Å². The topological polar surface area (TPSA) is 84.7 Å². The molecule has 1 saturated heterocycles. The number of aryl methyl sites for hydroxylation is 1. The van der Waals surface area contributed by atoms with Crippen LogP contribution in [0, 0.1) is 6.92 Å².